The van der Waals surface area contributed by atoms with Gasteiger partial charge in [0.25, 0.3) is 5.56 Å². The molecule has 2 rings (SSSR count). The van der Waals surface area contributed by atoms with Gasteiger partial charge in [0.05, 0.1) is 0 Å². The maximum Gasteiger partial charge on any atom is 0.254 e. The lowest BCUT2D eigenvalue weighted by molar-refractivity contribution is 0.00427. The van der Waals surface area contributed by atoms with E-state index in [4.69, 9.17) is 11.6 Å². The normalized spacial score (nSPS) is 22.3. The lowest BCUT2D eigenvalue weighted by Gasteiger charge is -2.15. The van der Waals surface area contributed by atoms with Crippen molar-refractivity contribution in [1.82, 2.24) is 9.55 Å². The zero-order valence-corrected chi connectivity index (χ0v) is 10.9. The van der Waals surface area contributed by atoms with Crippen LogP contribution in [0.1, 0.15) is 32.0 Å². The van der Waals surface area contributed by atoms with Gasteiger partial charge in [-0.1, -0.05) is 18.5 Å². The Bertz CT molecular complexity index is 501. The van der Waals surface area contributed by atoms with E-state index in [1.807, 2.05) is 6.92 Å². The average Bonchev–Trinajstić information content (AvgIpc) is 2.61. The van der Waals surface area contributed by atoms with E-state index in [0.717, 1.165) is 0 Å². The van der Waals surface area contributed by atoms with Crippen LogP contribution in [0.3, 0.4) is 0 Å². The molecule has 0 spiro atoms. The number of halogens is 3. The Labute approximate surface area is 109 Å². The van der Waals surface area contributed by atoms with E-state index in [2.05, 4.69) is 4.98 Å². The maximum atomic E-state index is 13.1. The molecule has 0 aromatic carbocycles. The van der Waals surface area contributed by atoms with Gasteiger partial charge in [-0.25, -0.2) is 13.8 Å². The number of rotatable bonds is 3. The molecule has 1 unspecified atom stereocenters. The van der Waals surface area contributed by atoms with Crippen LogP contribution >= 0.6 is 11.6 Å². The minimum atomic E-state index is -2.58. The minimum Gasteiger partial charge on any atom is -0.296 e. The van der Waals surface area contributed by atoms with Gasteiger partial charge < -0.3 is 0 Å². The Morgan fingerprint density at radius 1 is 1.61 bits per heavy atom. The molecule has 0 amide bonds. The zero-order chi connectivity index (χ0) is 13.3. The molecule has 0 aliphatic heterocycles. The van der Waals surface area contributed by atoms with Crippen molar-refractivity contribution in [2.45, 2.75) is 45.1 Å². The zero-order valence-electron chi connectivity index (χ0n) is 10.1. The molecular formula is C12H15ClF2N2O. The maximum absolute atomic E-state index is 13.1. The first-order chi connectivity index (χ1) is 8.41. The number of hydrogen-bond acceptors (Lipinski definition) is 2. The predicted octanol–water partition coefficient (Wildman–Crippen LogP) is 2.89. The van der Waals surface area contributed by atoms with Crippen LogP contribution in [0, 0.1) is 5.92 Å². The summed E-state index contributed by atoms with van der Waals surface area (Å²) in [5.74, 6) is -2.19. The first-order valence-corrected chi connectivity index (χ1v) is 6.43. The average molecular weight is 277 g/mol. The van der Waals surface area contributed by atoms with Crippen LogP contribution in [0.2, 0.25) is 5.15 Å². The summed E-state index contributed by atoms with van der Waals surface area (Å²) < 4.78 is 27.7. The topological polar surface area (TPSA) is 34.9 Å². The molecule has 0 radical (unpaired) electrons. The molecular weight excluding hydrogens is 262 g/mol. The van der Waals surface area contributed by atoms with Gasteiger partial charge in [0, 0.05) is 31.9 Å². The van der Waals surface area contributed by atoms with Gasteiger partial charge in [0.2, 0.25) is 5.92 Å². The van der Waals surface area contributed by atoms with E-state index >= 15 is 0 Å². The van der Waals surface area contributed by atoms with E-state index in [9.17, 15) is 13.6 Å². The SMILES string of the molecule is CCc1nc(Cl)cc(=O)n1CC1CCC(F)(F)C1. The standard InChI is InChI=1S/C12H15ClF2N2O/c1-2-10-16-9(13)5-11(18)17(10)7-8-3-4-12(14,15)6-8/h5,8H,2-4,6-7H2,1H3. The fourth-order valence-corrected chi connectivity index (χ4v) is 2.63. The van der Waals surface area contributed by atoms with Crippen LogP contribution in [0.15, 0.2) is 10.9 Å². The molecule has 0 bridgehead atoms. The first-order valence-electron chi connectivity index (χ1n) is 6.05. The fraction of sp³-hybridized carbons (Fsp3) is 0.667. The number of nitrogens with zero attached hydrogens (tertiary/aromatic N) is 2. The summed E-state index contributed by atoms with van der Waals surface area (Å²) in [7, 11) is 0. The number of aromatic nitrogens is 2. The van der Waals surface area contributed by atoms with Crippen molar-refractivity contribution < 1.29 is 8.78 Å². The molecule has 1 heterocycles. The van der Waals surface area contributed by atoms with Crippen molar-refractivity contribution in [3.05, 3.63) is 27.4 Å². The molecule has 18 heavy (non-hydrogen) atoms. The quantitative estimate of drug-likeness (QED) is 0.796. The molecule has 1 atom stereocenters. The van der Waals surface area contributed by atoms with Gasteiger partial charge in [0.15, 0.2) is 0 Å². The summed E-state index contributed by atoms with van der Waals surface area (Å²) in [5, 5.41) is 0.157. The van der Waals surface area contributed by atoms with Crippen LogP contribution in [-0.4, -0.2) is 15.5 Å². The lowest BCUT2D eigenvalue weighted by Crippen LogP contribution is -2.27. The molecule has 1 fully saturated rings. The van der Waals surface area contributed by atoms with Gasteiger partial charge in [-0.3, -0.25) is 9.36 Å². The predicted molar refractivity (Wildman–Crippen MR) is 65.2 cm³/mol. The summed E-state index contributed by atoms with van der Waals surface area (Å²) >= 11 is 5.72. The van der Waals surface area contributed by atoms with Crippen LogP contribution in [0.5, 0.6) is 0 Å². The van der Waals surface area contributed by atoms with Crippen molar-refractivity contribution >= 4 is 11.6 Å². The molecule has 1 aromatic rings. The van der Waals surface area contributed by atoms with Gasteiger partial charge >= 0.3 is 0 Å². The lowest BCUT2D eigenvalue weighted by atomic mass is 10.1. The molecule has 0 saturated heterocycles. The summed E-state index contributed by atoms with van der Waals surface area (Å²) in [6, 6.07) is 1.23. The molecule has 1 aromatic heterocycles. The van der Waals surface area contributed by atoms with Crippen molar-refractivity contribution in [3.8, 4) is 0 Å². The highest BCUT2D eigenvalue weighted by molar-refractivity contribution is 6.29. The summed E-state index contributed by atoms with van der Waals surface area (Å²) in [5.41, 5.74) is -0.262. The van der Waals surface area contributed by atoms with Gasteiger partial charge in [-0.15, -0.1) is 0 Å². The van der Waals surface area contributed by atoms with E-state index in [1.54, 1.807) is 0 Å². The molecule has 6 heteroatoms. The van der Waals surface area contributed by atoms with E-state index in [1.165, 1.54) is 10.6 Å². The smallest absolute Gasteiger partial charge is 0.254 e. The molecule has 1 saturated carbocycles. The second-order valence-electron chi connectivity index (χ2n) is 4.76. The van der Waals surface area contributed by atoms with Crippen molar-refractivity contribution in [3.63, 3.8) is 0 Å². The summed E-state index contributed by atoms with van der Waals surface area (Å²) in [4.78, 5) is 15.9. The molecule has 3 nitrogen and oxygen atoms in total. The largest absolute Gasteiger partial charge is 0.296 e. The van der Waals surface area contributed by atoms with Gasteiger partial charge in [0.1, 0.15) is 11.0 Å². The number of hydrogen-bond donors (Lipinski definition) is 0. The Hall–Kier alpha value is -0.970. The third-order valence-corrected chi connectivity index (χ3v) is 3.51. The second-order valence-corrected chi connectivity index (χ2v) is 5.15. The Morgan fingerprint density at radius 2 is 2.33 bits per heavy atom. The van der Waals surface area contributed by atoms with Crippen molar-refractivity contribution in [2.75, 3.05) is 0 Å². The highest BCUT2D eigenvalue weighted by Crippen LogP contribution is 2.39. The van der Waals surface area contributed by atoms with E-state index < -0.39 is 5.92 Å². The second kappa shape index (κ2) is 4.96. The van der Waals surface area contributed by atoms with Crippen LogP contribution in [0.25, 0.3) is 0 Å². The summed E-state index contributed by atoms with van der Waals surface area (Å²) in [6.07, 6.45) is 0.768. The van der Waals surface area contributed by atoms with E-state index in [-0.39, 0.29) is 29.5 Å². The first kappa shape index (κ1) is 13.5. The number of alkyl halides is 2. The Kier molecular flexibility index (Phi) is 3.71. The van der Waals surface area contributed by atoms with Crippen LogP contribution < -0.4 is 5.56 Å². The number of aryl methyl sites for hydroxylation is 1. The van der Waals surface area contributed by atoms with Gasteiger partial charge in [-0.2, -0.15) is 0 Å². The van der Waals surface area contributed by atoms with Crippen LogP contribution in [-0.2, 0) is 13.0 Å². The highest BCUT2D eigenvalue weighted by Gasteiger charge is 2.39. The fourth-order valence-electron chi connectivity index (χ4n) is 2.44. The third kappa shape index (κ3) is 2.88. The Balaban J connectivity index is 2.22. The van der Waals surface area contributed by atoms with Crippen LogP contribution in [0.4, 0.5) is 8.78 Å². The molecule has 1 aliphatic carbocycles. The molecule has 1 aliphatic rings. The monoisotopic (exact) mass is 276 g/mol. The highest BCUT2D eigenvalue weighted by atomic mass is 35.5. The van der Waals surface area contributed by atoms with Crippen molar-refractivity contribution in [1.29, 1.82) is 0 Å². The van der Waals surface area contributed by atoms with Gasteiger partial charge in [-0.05, 0) is 12.3 Å². The van der Waals surface area contributed by atoms with E-state index in [0.29, 0.717) is 25.2 Å². The molecule has 100 valence electrons. The van der Waals surface area contributed by atoms with Crippen molar-refractivity contribution in [2.24, 2.45) is 5.92 Å². The molecule has 0 N–H and O–H groups in total. The third-order valence-electron chi connectivity index (χ3n) is 3.32. The summed E-state index contributed by atoms with van der Waals surface area (Å²) in [6.45, 7) is 2.17. The Morgan fingerprint density at radius 3 is 2.89 bits per heavy atom. The minimum absolute atomic E-state index is 0.0884.